The third-order valence-corrected chi connectivity index (χ3v) is 3.65. The first-order valence-electron chi connectivity index (χ1n) is 7.19. The van der Waals surface area contributed by atoms with Gasteiger partial charge in [-0.25, -0.2) is 4.98 Å². The monoisotopic (exact) mass is 276 g/mol. The molecule has 0 fully saturated rings. The standard InChI is InChI=1S/C15H24N4O/c1-4-19-10-13(8-17-19)14-9-16-12-18(14)7-5-6-15(2,3)11-20/h8-10,12,20H,4-7,11H2,1-3H3. The van der Waals surface area contributed by atoms with Crippen LogP contribution in [0.4, 0.5) is 0 Å². The van der Waals surface area contributed by atoms with Crippen LogP contribution in [0.25, 0.3) is 11.3 Å². The van der Waals surface area contributed by atoms with E-state index in [2.05, 4.69) is 35.4 Å². The lowest BCUT2D eigenvalue weighted by atomic mass is 9.89. The molecule has 0 spiro atoms. The molecule has 110 valence electrons. The number of hydrogen-bond acceptors (Lipinski definition) is 3. The van der Waals surface area contributed by atoms with Crippen LogP contribution >= 0.6 is 0 Å². The Labute approximate surface area is 120 Å². The second-order valence-electron chi connectivity index (χ2n) is 5.98. The summed E-state index contributed by atoms with van der Waals surface area (Å²) < 4.78 is 4.08. The van der Waals surface area contributed by atoms with E-state index < -0.39 is 0 Å². The third kappa shape index (κ3) is 3.48. The fraction of sp³-hybridized carbons (Fsp3) is 0.600. The van der Waals surface area contributed by atoms with Crippen molar-refractivity contribution in [1.82, 2.24) is 19.3 Å². The molecule has 0 aliphatic heterocycles. The first kappa shape index (κ1) is 14.8. The van der Waals surface area contributed by atoms with Gasteiger partial charge in [-0.05, 0) is 25.2 Å². The predicted octanol–water partition coefficient (Wildman–Crippen LogP) is 2.57. The van der Waals surface area contributed by atoms with Gasteiger partial charge in [-0.15, -0.1) is 0 Å². The van der Waals surface area contributed by atoms with Crippen molar-refractivity contribution in [2.75, 3.05) is 6.61 Å². The van der Waals surface area contributed by atoms with E-state index in [0.717, 1.165) is 37.2 Å². The highest BCUT2D eigenvalue weighted by Gasteiger charge is 2.16. The Morgan fingerprint density at radius 3 is 2.75 bits per heavy atom. The lowest BCUT2D eigenvalue weighted by molar-refractivity contribution is 0.146. The molecular weight excluding hydrogens is 252 g/mol. The summed E-state index contributed by atoms with van der Waals surface area (Å²) in [7, 11) is 0. The Balaban J connectivity index is 2.02. The average molecular weight is 276 g/mol. The second-order valence-corrected chi connectivity index (χ2v) is 5.98. The number of aromatic nitrogens is 4. The van der Waals surface area contributed by atoms with Crippen molar-refractivity contribution in [1.29, 1.82) is 0 Å². The van der Waals surface area contributed by atoms with Crippen LogP contribution < -0.4 is 0 Å². The summed E-state index contributed by atoms with van der Waals surface area (Å²) in [5, 5.41) is 13.6. The summed E-state index contributed by atoms with van der Waals surface area (Å²) in [6, 6.07) is 0. The van der Waals surface area contributed by atoms with Gasteiger partial charge in [-0.3, -0.25) is 4.68 Å². The summed E-state index contributed by atoms with van der Waals surface area (Å²) in [4.78, 5) is 4.25. The number of rotatable bonds is 7. The molecule has 2 rings (SSSR count). The summed E-state index contributed by atoms with van der Waals surface area (Å²) in [6.07, 6.45) is 9.70. The lowest BCUT2D eigenvalue weighted by Gasteiger charge is -2.21. The van der Waals surface area contributed by atoms with Crippen LogP contribution in [-0.2, 0) is 13.1 Å². The van der Waals surface area contributed by atoms with Crippen molar-refractivity contribution >= 4 is 0 Å². The van der Waals surface area contributed by atoms with E-state index >= 15 is 0 Å². The summed E-state index contributed by atoms with van der Waals surface area (Å²) in [5.74, 6) is 0. The molecule has 0 aliphatic carbocycles. The first-order chi connectivity index (χ1) is 9.55. The van der Waals surface area contributed by atoms with E-state index in [9.17, 15) is 5.11 Å². The molecule has 0 saturated carbocycles. The molecular formula is C15H24N4O. The Bertz CT molecular complexity index is 542. The van der Waals surface area contributed by atoms with Gasteiger partial charge in [0.2, 0.25) is 0 Å². The van der Waals surface area contributed by atoms with Crippen LogP contribution in [0.2, 0.25) is 0 Å². The quantitative estimate of drug-likeness (QED) is 0.845. The minimum Gasteiger partial charge on any atom is -0.396 e. The molecule has 0 aromatic carbocycles. The zero-order valence-corrected chi connectivity index (χ0v) is 12.6. The summed E-state index contributed by atoms with van der Waals surface area (Å²) >= 11 is 0. The third-order valence-electron chi connectivity index (χ3n) is 3.65. The topological polar surface area (TPSA) is 55.9 Å². The van der Waals surface area contributed by atoms with Crippen molar-refractivity contribution in [3.63, 3.8) is 0 Å². The van der Waals surface area contributed by atoms with Gasteiger partial charge < -0.3 is 9.67 Å². The highest BCUT2D eigenvalue weighted by atomic mass is 16.3. The lowest BCUT2D eigenvalue weighted by Crippen LogP contribution is -2.17. The van der Waals surface area contributed by atoms with Crippen LogP contribution in [0, 0.1) is 5.41 Å². The van der Waals surface area contributed by atoms with Crippen molar-refractivity contribution < 1.29 is 5.11 Å². The Morgan fingerprint density at radius 2 is 2.10 bits per heavy atom. The highest BCUT2D eigenvalue weighted by Crippen LogP contribution is 2.23. The molecule has 0 aliphatic rings. The molecule has 20 heavy (non-hydrogen) atoms. The molecule has 2 aromatic rings. The van der Waals surface area contributed by atoms with Gasteiger partial charge >= 0.3 is 0 Å². The van der Waals surface area contributed by atoms with Gasteiger partial charge in [-0.2, -0.15) is 5.10 Å². The molecule has 0 atom stereocenters. The smallest absolute Gasteiger partial charge is 0.0950 e. The van der Waals surface area contributed by atoms with Crippen LogP contribution in [0.15, 0.2) is 24.9 Å². The Hall–Kier alpha value is -1.62. The minimum atomic E-state index is -0.00611. The van der Waals surface area contributed by atoms with Gasteiger partial charge in [0, 0.05) is 31.5 Å². The number of aliphatic hydroxyl groups is 1. The maximum absolute atomic E-state index is 9.28. The molecule has 0 radical (unpaired) electrons. The van der Waals surface area contributed by atoms with Crippen molar-refractivity contribution in [2.45, 2.75) is 46.7 Å². The van der Waals surface area contributed by atoms with E-state index in [1.807, 2.05) is 29.6 Å². The summed E-state index contributed by atoms with van der Waals surface area (Å²) in [6.45, 7) is 8.27. The maximum Gasteiger partial charge on any atom is 0.0950 e. The number of aliphatic hydroxyl groups excluding tert-OH is 1. The first-order valence-corrected chi connectivity index (χ1v) is 7.19. The number of aryl methyl sites for hydroxylation is 2. The predicted molar refractivity (Wildman–Crippen MR) is 79.2 cm³/mol. The fourth-order valence-electron chi connectivity index (χ4n) is 2.22. The van der Waals surface area contributed by atoms with Crippen molar-refractivity contribution in [3.8, 4) is 11.3 Å². The van der Waals surface area contributed by atoms with Gasteiger partial charge in [0.1, 0.15) is 0 Å². The maximum atomic E-state index is 9.28. The normalized spacial score (nSPS) is 12.0. The highest BCUT2D eigenvalue weighted by molar-refractivity contribution is 5.56. The Morgan fingerprint density at radius 1 is 1.30 bits per heavy atom. The summed E-state index contributed by atoms with van der Waals surface area (Å²) in [5.41, 5.74) is 2.20. The molecule has 5 nitrogen and oxygen atoms in total. The van der Waals surface area contributed by atoms with Gasteiger partial charge in [0.05, 0.1) is 24.4 Å². The van der Waals surface area contributed by atoms with Crippen LogP contribution in [0.3, 0.4) is 0 Å². The van der Waals surface area contributed by atoms with E-state index in [4.69, 9.17) is 0 Å². The van der Waals surface area contributed by atoms with Crippen molar-refractivity contribution in [3.05, 3.63) is 24.9 Å². The van der Waals surface area contributed by atoms with Gasteiger partial charge in [-0.1, -0.05) is 13.8 Å². The SMILES string of the molecule is CCn1cc(-c2cncn2CCCC(C)(C)CO)cn1. The van der Waals surface area contributed by atoms with Crippen molar-refractivity contribution in [2.24, 2.45) is 5.41 Å². The van der Waals surface area contributed by atoms with Crippen LogP contribution in [-0.4, -0.2) is 31.0 Å². The molecule has 1 N–H and O–H groups in total. The van der Waals surface area contributed by atoms with E-state index in [0.29, 0.717) is 0 Å². The van der Waals surface area contributed by atoms with Gasteiger partial charge in [0.25, 0.3) is 0 Å². The van der Waals surface area contributed by atoms with E-state index in [1.165, 1.54) is 0 Å². The molecule has 0 amide bonds. The van der Waals surface area contributed by atoms with E-state index in [1.54, 1.807) is 0 Å². The number of hydrogen-bond donors (Lipinski definition) is 1. The number of nitrogens with zero attached hydrogens (tertiary/aromatic N) is 4. The average Bonchev–Trinajstić information content (AvgIpc) is 3.06. The van der Waals surface area contributed by atoms with E-state index in [-0.39, 0.29) is 12.0 Å². The molecule has 0 saturated heterocycles. The zero-order chi connectivity index (χ0) is 14.6. The molecule has 0 bridgehead atoms. The molecule has 0 unspecified atom stereocenters. The Kier molecular flexibility index (Phi) is 4.60. The van der Waals surface area contributed by atoms with Gasteiger partial charge in [0.15, 0.2) is 0 Å². The van der Waals surface area contributed by atoms with Crippen LogP contribution in [0.5, 0.6) is 0 Å². The molecule has 5 heteroatoms. The number of imidazole rings is 1. The minimum absolute atomic E-state index is 0.00611. The zero-order valence-electron chi connectivity index (χ0n) is 12.6. The molecule has 2 heterocycles. The second kappa shape index (κ2) is 6.22. The largest absolute Gasteiger partial charge is 0.396 e. The fourth-order valence-corrected chi connectivity index (χ4v) is 2.22. The molecule has 2 aromatic heterocycles. The van der Waals surface area contributed by atoms with Crippen LogP contribution in [0.1, 0.15) is 33.6 Å².